The number of carbonyl (C=O) groups excluding carboxylic acids is 3. The summed E-state index contributed by atoms with van der Waals surface area (Å²) in [5.41, 5.74) is 0.563. The number of halogens is 2. The second-order valence-electron chi connectivity index (χ2n) is 10.9. The number of hydrogen-bond acceptors (Lipinski definition) is 5. The highest BCUT2D eigenvalue weighted by Gasteiger charge is 2.49. The third-order valence-corrected chi connectivity index (χ3v) is 7.24. The van der Waals surface area contributed by atoms with Crippen LogP contribution in [0.1, 0.15) is 55.6 Å². The van der Waals surface area contributed by atoms with Crippen LogP contribution in [0.2, 0.25) is 5.02 Å². The molecule has 2 bridgehead atoms. The van der Waals surface area contributed by atoms with Gasteiger partial charge < -0.3 is 36.3 Å². The van der Waals surface area contributed by atoms with Gasteiger partial charge in [0, 0.05) is 29.3 Å². The number of amides is 1. The summed E-state index contributed by atoms with van der Waals surface area (Å²) in [7, 11) is 0. The van der Waals surface area contributed by atoms with E-state index < -0.39 is 23.7 Å². The number of nitrogens with zero attached hydrogens (tertiary/aromatic N) is 1. The summed E-state index contributed by atoms with van der Waals surface area (Å²) < 4.78 is 12.0. The molecule has 9 heteroatoms. The molecule has 0 aromatic heterocycles. The number of nitrogens with one attached hydrogen (secondary N) is 1. The molecule has 3 saturated heterocycles. The van der Waals surface area contributed by atoms with E-state index in [2.05, 4.69) is 5.32 Å². The Bertz CT molecular complexity index is 1100. The Labute approximate surface area is 233 Å². The molecule has 1 N–H and O–H groups in total. The van der Waals surface area contributed by atoms with Crippen LogP contribution in [0.25, 0.3) is 0 Å². The normalized spacial score (nSPS) is 23.4. The molecule has 3 aliphatic heterocycles. The average Bonchev–Trinajstić information content (AvgIpc) is 2.83. The molecule has 3 fully saturated rings. The predicted molar refractivity (Wildman–Crippen MR) is 137 cm³/mol. The van der Waals surface area contributed by atoms with E-state index in [0.29, 0.717) is 33.7 Å². The van der Waals surface area contributed by atoms with Crippen LogP contribution in [-0.4, -0.2) is 60.2 Å². The van der Waals surface area contributed by atoms with Crippen molar-refractivity contribution in [2.75, 3.05) is 26.2 Å². The summed E-state index contributed by atoms with van der Waals surface area (Å²) in [4.78, 5) is 38.9. The van der Waals surface area contributed by atoms with Crippen molar-refractivity contribution in [3.8, 4) is 0 Å². The number of benzene rings is 2. The fraction of sp³-hybridized carbons (Fsp3) is 0.464. The van der Waals surface area contributed by atoms with Gasteiger partial charge >= 0.3 is 12.1 Å². The third kappa shape index (κ3) is 7.55. The quantitative estimate of drug-likeness (QED) is 0.302. The van der Waals surface area contributed by atoms with Crippen molar-refractivity contribution in [3.63, 3.8) is 0 Å². The topological polar surface area (TPSA) is 81.7 Å². The smallest absolute Gasteiger partial charge is 0.408 e. The number of rotatable bonds is 7. The minimum absolute atomic E-state index is 0. The second-order valence-corrected chi connectivity index (χ2v) is 11.3. The first-order chi connectivity index (χ1) is 17.0. The van der Waals surface area contributed by atoms with Crippen LogP contribution in [0.15, 0.2) is 54.6 Å². The standard InChI is InChI=1S/C28H33ClN2O5.BrH/c1-28(2,3)36-27(34)30-25(21-7-5-4-6-8-21)26(33)35-24-18-31(15-13-20(24)14-16-31)17-23(32)19-9-11-22(29)12-10-19;/h4-12,20,24-25H,13-18H2,1-3H3;1H/t20?,24-,25?,31?;/m0./s1. The Kier molecular flexibility index (Phi) is 9.42. The van der Waals surface area contributed by atoms with Gasteiger partial charge in [-0.05, 0) is 50.6 Å². The van der Waals surface area contributed by atoms with Gasteiger partial charge in [-0.15, -0.1) is 0 Å². The molecule has 0 spiro atoms. The van der Waals surface area contributed by atoms with E-state index in [1.165, 1.54) is 0 Å². The Hall–Kier alpha value is -2.42. The molecule has 0 aliphatic carbocycles. The lowest BCUT2D eigenvalue weighted by Crippen LogP contribution is -3.00. The van der Waals surface area contributed by atoms with Crippen molar-refractivity contribution in [1.82, 2.24) is 5.32 Å². The van der Waals surface area contributed by atoms with E-state index in [1.807, 2.05) is 18.2 Å². The van der Waals surface area contributed by atoms with Gasteiger partial charge in [-0.25, -0.2) is 9.59 Å². The number of alkyl carbamates (subject to hydrolysis) is 1. The number of Topliss-reactive ketones (excluding diaryl/α,β-unsaturated/α-hetero) is 1. The largest absolute Gasteiger partial charge is 1.00 e. The van der Waals surface area contributed by atoms with Gasteiger partial charge in [-0.2, -0.15) is 0 Å². The van der Waals surface area contributed by atoms with Crippen LogP contribution in [0, 0.1) is 5.92 Å². The van der Waals surface area contributed by atoms with Crippen molar-refractivity contribution in [1.29, 1.82) is 0 Å². The fourth-order valence-corrected chi connectivity index (χ4v) is 5.30. The number of esters is 1. The Morgan fingerprint density at radius 2 is 1.65 bits per heavy atom. The number of ether oxygens (including phenoxy) is 2. The van der Waals surface area contributed by atoms with Gasteiger partial charge in [-0.1, -0.05) is 41.9 Å². The minimum Gasteiger partial charge on any atom is -1.00 e. The molecule has 37 heavy (non-hydrogen) atoms. The monoisotopic (exact) mass is 592 g/mol. The van der Waals surface area contributed by atoms with Crippen LogP contribution >= 0.6 is 11.6 Å². The van der Waals surface area contributed by atoms with Gasteiger partial charge in [0.15, 0.2) is 12.1 Å². The molecule has 2 atom stereocenters. The summed E-state index contributed by atoms with van der Waals surface area (Å²) in [6.45, 7) is 8.02. The van der Waals surface area contributed by atoms with E-state index in [9.17, 15) is 14.4 Å². The first kappa shape index (κ1) is 29.1. The third-order valence-electron chi connectivity index (χ3n) is 6.98. The average molecular weight is 594 g/mol. The van der Waals surface area contributed by atoms with Crippen LogP contribution in [0.3, 0.4) is 0 Å². The summed E-state index contributed by atoms with van der Waals surface area (Å²) in [5.74, 6) is -0.212. The molecule has 0 saturated carbocycles. The molecule has 200 valence electrons. The lowest BCUT2D eigenvalue weighted by atomic mass is 9.82. The molecular formula is C28H34BrClN2O5. The Morgan fingerprint density at radius 1 is 1.03 bits per heavy atom. The van der Waals surface area contributed by atoms with Crippen molar-refractivity contribution >= 4 is 29.4 Å². The Morgan fingerprint density at radius 3 is 2.24 bits per heavy atom. The maximum Gasteiger partial charge on any atom is 0.408 e. The summed E-state index contributed by atoms with van der Waals surface area (Å²) >= 11 is 5.97. The molecule has 2 aromatic rings. The number of ketones is 1. The maximum atomic E-state index is 13.4. The number of quaternary nitrogens is 1. The second kappa shape index (κ2) is 12.0. The summed E-state index contributed by atoms with van der Waals surface area (Å²) in [6.07, 6.45) is 0.784. The highest BCUT2D eigenvalue weighted by molar-refractivity contribution is 6.30. The van der Waals surface area contributed by atoms with Crippen molar-refractivity contribution in [2.24, 2.45) is 5.92 Å². The van der Waals surface area contributed by atoms with Crippen LogP contribution in [-0.2, 0) is 14.3 Å². The molecule has 5 rings (SSSR count). The molecule has 3 heterocycles. The van der Waals surface area contributed by atoms with Gasteiger partial charge in [0.2, 0.25) is 5.78 Å². The molecule has 3 aliphatic rings. The van der Waals surface area contributed by atoms with Gasteiger partial charge in [0.25, 0.3) is 0 Å². The zero-order valence-corrected chi connectivity index (χ0v) is 23.8. The first-order valence-electron chi connectivity index (χ1n) is 12.4. The number of fused-ring (bicyclic) bond motifs is 3. The van der Waals surface area contributed by atoms with Crippen molar-refractivity contribution in [2.45, 2.75) is 51.4 Å². The zero-order chi connectivity index (χ0) is 25.9. The van der Waals surface area contributed by atoms with Crippen molar-refractivity contribution < 1.29 is 45.3 Å². The Balaban J connectivity index is 0.00000380. The molecular weight excluding hydrogens is 560 g/mol. The highest BCUT2D eigenvalue weighted by Crippen LogP contribution is 2.36. The van der Waals surface area contributed by atoms with Crippen molar-refractivity contribution in [3.05, 3.63) is 70.7 Å². The highest BCUT2D eigenvalue weighted by atomic mass is 79.9. The van der Waals surface area contributed by atoms with E-state index in [4.69, 9.17) is 21.1 Å². The lowest BCUT2D eigenvalue weighted by Gasteiger charge is -2.51. The molecule has 2 aromatic carbocycles. The predicted octanol–water partition coefficient (Wildman–Crippen LogP) is 1.94. The van der Waals surface area contributed by atoms with Crippen LogP contribution < -0.4 is 22.3 Å². The van der Waals surface area contributed by atoms with Gasteiger partial charge in [0.1, 0.15) is 18.7 Å². The molecule has 0 radical (unpaired) electrons. The molecule has 7 nitrogen and oxygen atoms in total. The maximum absolute atomic E-state index is 13.4. The number of carbonyl (C=O) groups is 3. The summed E-state index contributed by atoms with van der Waals surface area (Å²) in [5, 5.41) is 3.28. The number of piperidine rings is 3. The van der Waals surface area contributed by atoms with E-state index in [0.717, 1.165) is 25.9 Å². The SMILES string of the molecule is CC(C)(C)OC(=O)NC(C(=O)O[C@H]1C[N+]2(CC(=O)c3ccc(Cl)cc3)CCC1CC2)c1ccccc1.[Br-]. The lowest BCUT2D eigenvalue weighted by molar-refractivity contribution is -0.938. The fourth-order valence-electron chi connectivity index (χ4n) is 5.17. The minimum atomic E-state index is -0.986. The summed E-state index contributed by atoms with van der Waals surface area (Å²) in [6, 6.07) is 15.0. The van der Waals surface area contributed by atoms with Crippen LogP contribution in [0.4, 0.5) is 4.79 Å². The van der Waals surface area contributed by atoms with Gasteiger partial charge in [0.05, 0.1) is 13.1 Å². The zero-order valence-electron chi connectivity index (χ0n) is 21.4. The molecule has 1 unspecified atom stereocenters. The van der Waals surface area contributed by atoms with E-state index in [-0.39, 0.29) is 34.8 Å². The molecule has 1 amide bonds. The van der Waals surface area contributed by atoms with E-state index in [1.54, 1.807) is 57.2 Å². The van der Waals surface area contributed by atoms with Crippen LogP contribution in [0.5, 0.6) is 0 Å². The van der Waals surface area contributed by atoms with E-state index >= 15 is 0 Å². The number of hydrogen-bond donors (Lipinski definition) is 1. The first-order valence-corrected chi connectivity index (χ1v) is 12.8. The van der Waals surface area contributed by atoms with Gasteiger partial charge in [-0.3, -0.25) is 4.79 Å².